The lowest BCUT2D eigenvalue weighted by Gasteiger charge is -2.07. The molecule has 0 aliphatic rings. The lowest BCUT2D eigenvalue weighted by molar-refractivity contribution is 0.0690. The minimum atomic E-state index is -1.09. The Morgan fingerprint density at radius 1 is 1.50 bits per heavy atom. The van der Waals surface area contributed by atoms with Crippen molar-refractivity contribution in [3.63, 3.8) is 0 Å². The molecule has 0 amide bonds. The zero-order valence-corrected chi connectivity index (χ0v) is 12.9. The fraction of sp³-hybridized carbons (Fsp3) is 0.154. The zero-order valence-electron chi connectivity index (χ0n) is 10.5. The molecule has 0 saturated heterocycles. The molecule has 2 aromatic rings. The van der Waals surface area contributed by atoms with Crippen molar-refractivity contribution in [2.24, 2.45) is 0 Å². The van der Waals surface area contributed by atoms with E-state index in [2.05, 4.69) is 25.9 Å². The lowest BCUT2D eigenvalue weighted by atomic mass is 10.2. The molecule has 0 unspecified atom stereocenters. The van der Waals surface area contributed by atoms with E-state index in [1.165, 1.54) is 11.8 Å². The van der Waals surface area contributed by atoms with Gasteiger partial charge in [0.15, 0.2) is 0 Å². The number of carboxylic acid groups (broad SMARTS) is 1. The smallest absolute Gasteiger partial charge is 0.346 e. The molecule has 1 aromatic heterocycles. The SMILES string of the molecule is Cc1[nH]c(=O)nc(SCc2cccc(Br)c2)c1C(=O)O. The molecule has 7 heteroatoms. The Hall–Kier alpha value is -1.60. The molecule has 0 spiro atoms. The molecule has 104 valence electrons. The molecule has 0 saturated carbocycles. The minimum Gasteiger partial charge on any atom is -0.478 e. The van der Waals surface area contributed by atoms with Crippen molar-refractivity contribution in [1.29, 1.82) is 0 Å². The first-order chi connectivity index (χ1) is 9.47. The van der Waals surface area contributed by atoms with Gasteiger partial charge < -0.3 is 10.1 Å². The summed E-state index contributed by atoms with van der Waals surface area (Å²) >= 11 is 4.61. The largest absolute Gasteiger partial charge is 0.478 e. The topological polar surface area (TPSA) is 83.0 Å². The molecule has 2 N–H and O–H groups in total. The van der Waals surface area contributed by atoms with Gasteiger partial charge in [0.2, 0.25) is 0 Å². The predicted molar refractivity (Wildman–Crippen MR) is 80.3 cm³/mol. The van der Waals surface area contributed by atoms with Crippen molar-refractivity contribution in [3.8, 4) is 0 Å². The number of carbonyl (C=O) groups is 1. The summed E-state index contributed by atoms with van der Waals surface area (Å²) < 4.78 is 0.948. The molecule has 0 bridgehead atoms. The number of thioether (sulfide) groups is 1. The van der Waals surface area contributed by atoms with Gasteiger partial charge in [-0.3, -0.25) is 0 Å². The second-order valence-corrected chi connectivity index (χ2v) is 5.95. The number of hydrogen-bond donors (Lipinski definition) is 2. The number of nitrogens with zero attached hydrogens (tertiary/aromatic N) is 1. The maximum Gasteiger partial charge on any atom is 0.346 e. The van der Waals surface area contributed by atoms with Crippen LogP contribution in [0, 0.1) is 6.92 Å². The van der Waals surface area contributed by atoms with E-state index in [9.17, 15) is 14.7 Å². The number of halogens is 1. The van der Waals surface area contributed by atoms with Crippen LogP contribution >= 0.6 is 27.7 Å². The normalized spacial score (nSPS) is 10.5. The highest BCUT2D eigenvalue weighted by atomic mass is 79.9. The van der Waals surface area contributed by atoms with E-state index in [-0.39, 0.29) is 10.6 Å². The van der Waals surface area contributed by atoms with Gasteiger partial charge >= 0.3 is 11.7 Å². The van der Waals surface area contributed by atoms with E-state index < -0.39 is 11.7 Å². The van der Waals surface area contributed by atoms with E-state index >= 15 is 0 Å². The summed E-state index contributed by atoms with van der Waals surface area (Å²) in [5.41, 5.74) is 0.837. The fourth-order valence-electron chi connectivity index (χ4n) is 1.69. The number of aromatic nitrogens is 2. The number of aromatic amines is 1. The van der Waals surface area contributed by atoms with E-state index in [4.69, 9.17) is 0 Å². The number of carboxylic acids is 1. The second kappa shape index (κ2) is 6.23. The van der Waals surface area contributed by atoms with E-state index in [0.717, 1.165) is 10.0 Å². The average Bonchev–Trinajstić information content (AvgIpc) is 2.35. The Balaban J connectivity index is 2.29. The van der Waals surface area contributed by atoms with Crippen molar-refractivity contribution < 1.29 is 9.90 Å². The third-order valence-corrected chi connectivity index (χ3v) is 4.10. The molecule has 20 heavy (non-hydrogen) atoms. The Bertz CT molecular complexity index is 715. The van der Waals surface area contributed by atoms with Gasteiger partial charge in [-0.15, -0.1) is 11.8 Å². The molecule has 0 atom stereocenters. The van der Waals surface area contributed by atoms with Gasteiger partial charge in [-0.25, -0.2) is 9.59 Å². The third kappa shape index (κ3) is 3.49. The van der Waals surface area contributed by atoms with E-state index in [1.807, 2.05) is 24.3 Å². The molecule has 0 aliphatic heterocycles. The van der Waals surface area contributed by atoms with Crippen molar-refractivity contribution in [3.05, 3.63) is 56.0 Å². The van der Waals surface area contributed by atoms with Crippen LogP contribution in [0.25, 0.3) is 0 Å². The second-order valence-electron chi connectivity index (χ2n) is 4.07. The summed E-state index contributed by atoms with van der Waals surface area (Å²) in [6.45, 7) is 1.55. The van der Waals surface area contributed by atoms with Gasteiger partial charge in [0.05, 0.1) is 0 Å². The highest BCUT2D eigenvalue weighted by molar-refractivity contribution is 9.10. The molecular weight excluding hydrogens is 344 g/mol. The van der Waals surface area contributed by atoms with Gasteiger partial charge in [0.1, 0.15) is 10.6 Å². The number of aryl methyl sites for hydroxylation is 1. The highest BCUT2D eigenvalue weighted by Gasteiger charge is 2.16. The number of H-pyrrole nitrogens is 1. The van der Waals surface area contributed by atoms with Crippen molar-refractivity contribution in [2.75, 3.05) is 0 Å². The number of nitrogens with one attached hydrogen (secondary N) is 1. The zero-order chi connectivity index (χ0) is 14.7. The molecule has 0 fully saturated rings. The first kappa shape index (κ1) is 14.8. The summed E-state index contributed by atoms with van der Waals surface area (Å²) in [5.74, 6) is -0.557. The maximum absolute atomic E-state index is 11.4. The van der Waals surface area contributed by atoms with Crippen LogP contribution in [0.15, 0.2) is 38.6 Å². The highest BCUT2D eigenvalue weighted by Crippen LogP contribution is 2.25. The third-order valence-electron chi connectivity index (χ3n) is 2.56. The first-order valence-electron chi connectivity index (χ1n) is 5.69. The van der Waals surface area contributed by atoms with Crippen molar-refractivity contribution >= 4 is 33.7 Å². The van der Waals surface area contributed by atoms with Gasteiger partial charge in [-0.2, -0.15) is 4.98 Å². The molecule has 5 nitrogen and oxygen atoms in total. The molecule has 1 heterocycles. The summed E-state index contributed by atoms with van der Waals surface area (Å²) in [7, 11) is 0. The van der Waals surface area contributed by atoms with Crippen LogP contribution in [0.3, 0.4) is 0 Å². The lowest BCUT2D eigenvalue weighted by Crippen LogP contribution is -2.18. The Labute approximate surface area is 127 Å². The molecule has 2 rings (SSSR count). The standard InChI is InChI=1S/C13H11BrN2O3S/c1-7-10(12(17)18)11(16-13(19)15-7)20-6-8-3-2-4-9(14)5-8/h2-5H,6H2,1H3,(H,17,18)(H,15,16,19). The van der Waals surface area contributed by atoms with Crippen LogP contribution < -0.4 is 5.69 Å². The van der Waals surface area contributed by atoms with Crippen LogP contribution in [0.5, 0.6) is 0 Å². The van der Waals surface area contributed by atoms with Crippen LogP contribution in [-0.4, -0.2) is 21.0 Å². The van der Waals surface area contributed by atoms with Gasteiger partial charge in [-0.05, 0) is 24.6 Å². The molecule has 0 aliphatic carbocycles. The van der Waals surface area contributed by atoms with Crippen LogP contribution in [0.4, 0.5) is 0 Å². The fourth-order valence-corrected chi connectivity index (χ4v) is 3.16. The Morgan fingerprint density at radius 3 is 2.90 bits per heavy atom. The van der Waals surface area contributed by atoms with Crippen LogP contribution in [0.2, 0.25) is 0 Å². The quantitative estimate of drug-likeness (QED) is 0.651. The maximum atomic E-state index is 11.4. The number of hydrogen-bond acceptors (Lipinski definition) is 4. The summed E-state index contributed by atoms with van der Waals surface area (Å²) in [6.07, 6.45) is 0. The monoisotopic (exact) mass is 354 g/mol. The van der Waals surface area contributed by atoms with Crippen LogP contribution in [0.1, 0.15) is 21.6 Å². The Morgan fingerprint density at radius 2 is 2.25 bits per heavy atom. The molecule has 1 aromatic carbocycles. The van der Waals surface area contributed by atoms with Gasteiger partial charge in [0, 0.05) is 15.9 Å². The Kier molecular flexibility index (Phi) is 4.61. The number of benzene rings is 1. The average molecular weight is 355 g/mol. The predicted octanol–water partition coefficient (Wildman–Crippen LogP) is 2.83. The summed E-state index contributed by atoms with van der Waals surface area (Å²) in [4.78, 5) is 28.8. The number of aromatic carboxylic acids is 1. The minimum absolute atomic E-state index is 0.0459. The summed E-state index contributed by atoms with van der Waals surface area (Å²) in [6, 6.07) is 7.67. The molecule has 0 radical (unpaired) electrons. The first-order valence-corrected chi connectivity index (χ1v) is 7.46. The number of rotatable bonds is 4. The molecular formula is C13H11BrN2O3S. The van der Waals surface area contributed by atoms with E-state index in [0.29, 0.717) is 11.4 Å². The van der Waals surface area contributed by atoms with E-state index in [1.54, 1.807) is 6.92 Å². The van der Waals surface area contributed by atoms with Crippen LogP contribution in [-0.2, 0) is 5.75 Å². The van der Waals surface area contributed by atoms with Gasteiger partial charge in [-0.1, -0.05) is 28.1 Å². The van der Waals surface area contributed by atoms with Crippen molar-refractivity contribution in [2.45, 2.75) is 17.7 Å². The van der Waals surface area contributed by atoms with Crippen molar-refractivity contribution in [1.82, 2.24) is 9.97 Å². The summed E-state index contributed by atoms with van der Waals surface area (Å²) in [5, 5.41) is 9.43. The van der Waals surface area contributed by atoms with Gasteiger partial charge in [0.25, 0.3) is 0 Å².